The van der Waals surface area contributed by atoms with Crippen LogP contribution in [0.15, 0.2) is 18.3 Å². The number of nitrogens with two attached hydrogens (primary N) is 1. The molecule has 6 heteroatoms. The smallest absolute Gasteiger partial charge is 0.195 e. The Morgan fingerprint density at radius 2 is 1.88 bits per heavy atom. The normalized spacial score (nSPS) is 10.7. The monoisotopic (exact) mass is 242 g/mol. The molecule has 0 radical (unpaired) electrons. The maximum Gasteiger partial charge on any atom is 0.195 e. The molecule has 0 bridgehead atoms. The van der Waals surface area contributed by atoms with Crippen molar-refractivity contribution < 1.29 is 13.2 Å². The summed E-state index contributed by atoms with van der Waals surface area (Å²) in [5.74, 6) is -4.09. The van der Waals surface area contributed by atoms with Gasteiger partial charge in [0, 0.05) is 17.0 Å². The molecule has 1 aromatic heterocycles. The largest absolute Gasteiger partial charge is 0.388 e. The molecule has 2 rings (SSSR count). The fourth-order valence-electron chi connectivity index (χ4n) is 1.42. The molecule has 82 valence electrons. The summed E-state index contributed by atoms with van der Waals surface area (Å²) in [7, 11) is 0. The number of halogens is 3. The van der Waals surface area contributed by atoms with Crippen LogP contribution in [0.3, 0.4) is 0 Å². The molecule has 1 aromatic carbocycles. The van der Waals surface area contributed by atoms with Gasteiger partial charge in [0.1, 0.15) is 10.7 Å². The Hall–Kier alpha value is -1.69. The maximum absolute atomic E-state index is 13.4. The van der Waals surface area contributed by atoms with Gasteiger partial charge in [0.2, 0.25) is 0 Å². The molecule has 0 atom stereocenters. The lowest BCUT2D eigenvalue weighted by Crippen LogP contribution is -2.12. The highest BCUT2D eigenvalue weighted by molar-refractivity contribution is 7.80. The molecule has 2 aromatic rings. The third-order valence-electron chi connectivity index (χ3n) is 2.13. The van der Waals surface area contributed by atoms with Gasteiger partial charge in [-0.2, -0.15) is 0 Å². The van der Waals surface area contributed by atoms with Crippen LogP contribution in [-0.2, 0) is 0 Å². The first-order valence-electron chi connectivity index (χ1n) is 4.24. The van der Waals surface area contributed by atoms with Crippen molar-refractivity contribution in [1.82, 2.24) is 4.98 Å². The standard InChI is InChI=1S/C10H5F3N2S/c11-6-3-5-4(7(12)8(6)13)1-2-15-9(5)10(14)16/h1-3H,(H2,14,16). The Morgan fingerprint density at radius 1 is 1.19 bits per heavy atom. The van der Waals surface area contributed by atoms with E-state index < -0.39 is 17.5 Å². The molecule has 2 nitrogen and oxygen atoms in total. The molecule has 0 amide bonds. The second kappa shape index (κ2) is 3.71. The van der Waals surface area contributed by atoms with Gasteiger partial charge in [0.15, 0.2) is 17.5 Å². The second-order valence-electron chi connectivity index (χ2n) is 3.11. The summed E-state index contributed by atoms with van der Waals surface area (Å²) in [6.07, 6.45) is 1.23. The first-order chi connectivity index (χ1) is 7.52. The lowest BCUT2D eigenvalue weighted by Gasteiger charge is -2.05. The van der Waals surface area contributed by atoms with Crippen molar-refractivity contribution in [2.24, 2.45) is 5.73 Å². The molecule has 0 saturated carbocycles. The van der Waals surface area contributed by atoms with E-state index in [9.17, 15) is 13.2 Å². The minimum atomic E-state index is -1.52. The Balaban J connectivity index is 2.95. The maximum atomic E-state index is 13.4. The number of nitrogens with zero attached hydrogens (tertiary/aromatic N) is 1. The molecular weight excluding hydrogens is 237 g/mol. The molecule has 0 aliphatic heterocycles. The number of pyridine rings is 1. The van der Waals surface area contributed by atoms with Crippen molar-refractivity contribution in [3.63, 3.8) is 0 Å². The number of rotatable bonds is 1. The third-order valence-corrected chi connectivity index (χ3v) is 2.33. The van der Waals surface area contributed by atoms with Crippen LogP contribution >= 0.6 is 12.2 Å². The highest BCUT2D eigenvalue weighted by Gasteiger charge is 2.16. The topological polar surface area (TPSA) is 38.9 Å². The van der Waals surface area contributed by atoms with Crippen LogP contribution in [0.4, 0.5) is 13.2 Å². The third kappa shape index (κ3) is 1.51. The van der Waals surface area contributed by atoms with E-state index in [-0.39, 0.29) is 21.5 Å². The molecule has 0 spiro atoms. The molecule has 0 aliphatic carbocycles. The zero-order valence-corrected chi connectivity index (χ0v) is 8.62. The van der Waals surface area contributed by atoms with Gasteiger partial charge < -0.3 is 5.73 Å². The number of thiocarbonyl (C=S) groups is 1. The zero-order valence-electron chi connectivity index (χ0n) is 7.80. The minimum Gasteiger partial charge on any atom is -0.388 e. The Kier molecular flexibility index (Phi) is 2.51. The molecule has 0 saturated heterocycles. The zero-order chi connectivity index (χ0) is 11.9. The van der Waals surface area contributed by atoms with Crippen molar-refractivity contribution in [3.8, 4) is 0 Å². The molecule has 0 fully saturated rings. The van der Waals surface area contributed by atoms with Crippen molar-refractivity contribution in [2.75, 3.05) is 0 Å². The van der Waals surface area contributed by atoms with Crippen LogP contribution in [0.2, 0.25) is 0 Å². The van der Waals surface area contributed by atoms with E-state index in [0.29, 0.717) is 0 Å². The summed E-state index contributed by atoms with van der Waals surface area (Å²) in [6.45, 7) is 0. The average Bonchev–Trinajstić information content (AvgIpc) is 2.25. The highest BCUT2D eigenvalue weighted by atomic mass is 32.1. The van der Waals surface area contributed by atoms with Gasteiger partial charge in [0.05, 0.1) is 0 Å². The summed E-state index contributed by atoms with van der Waals surface area (Å²) >= 11 is 4.69. The Morgan fingerprint density at radius 3 is 2.50 bits per heavy atom. The number of hydrogen-bond donors (Lipinski definition) is 1. The number of hydrogen-bond acceptors (Lipinski definition) is 2. The summed E-state index contributed by atoms with van der Waals surface area (Å²) < 4.78 is 39.4. The molecule has 2 N–H and O–H groups in total. The predicted molar refractivity (Wildman–Crippen MR) is 57.5 cm³/mol. The van der Waals surface area contributed by atoms with Crippen LogP contribution in [0.5, 0.6) is 0 Å². The van der Waals surface area contributed by atoms with Gasteiger partial charge in [-0.1, -0.05) is 12.2 Å². The van der Waals surface area contributed by atoms with E-state index in [4.69, 9.17) is 5.73 Å². The van der Waals surface area contributed by atoms with Gasteiger partial charge in [-0.15, -0.1) is 0 Å². The fourth-order valence-corrected chi connectivity index (χ4v) is 1.58. The first-order valence-corrected chi connectivity index (χ1v) is 4.65. The lowest BCUT2D eigenvalue weighted by molar-refractivity contribution is 0.453. The first kappa shape index (κ1) is 10.8. The number of fused-ring (bicyclic) bond motifs is 1. The second-order valence-corrected chi connectivity index (χ2v) is 3.55. The number of benzene rings is 1. The van der Waals surface area contributed by atoms with E-state index in [1.54, 1.807) is 0 Å². The van der Waals surface area contributed by atoms with Gasteiger partial charge >= 0.3 is 0 Å². The van der Waals surface area contributed by atoms with Crippen LogP contribution in [0, 0.1) is 17.5 Å². The van der Waals surface area contributed by atoms with Crippen LogP contribution in [0.1, 0.15) is 5.69 Å². The van der Waals surface area contributed by atoms with E-state index >= 15 is 0 Å². The van der Waals surface area contributed by atoms with E-state index in [1.807, 2.05) is 0 Å². The quantitative estimate of drug-likeness (QED) is 0.616. The lowest BCUT2D eigenvalue weighted by atomic mass is 10.1. The molecule has 0 aliphatic rings. The van der Waals surface area contributed by atoms with Gasteiger partial charge in [-0.25, -0.2) is 13.2 Å². The van der Waals surface area contributed by atoms with Gasteiger partial charge in [-0.05, 0) is 12.1 Å². The number of aromatic nitrogens is 1. The van der Waals surface area contributed by atoms with Crippen LogP contribution in [0.25, 0.3) is 10.8 Å². The SMILES string of the molecule is NC(=S)c1nccc2c(F)c(F)c(F)cc12. The van der Waals surface area contributed by atoms with E-state index in [2.05, 4.69) is 17.2 Å². The van der Waals surface area contributed by atoms with Gasteiger partial charge in [0.25, 0.3) is 0 Å². The Labute approximate surface area is 93.9 Å². The molecular formula is C10H5F3N2S. The highest BCUT2D eigenvalue weighted by Crippen LogP contribution is 2.24. The predicted octanol–water partition coefficient (Wildman–Crippen LogP) is 2.29. The molecule has 0 unspecified atom stereocenters. The summed E-state index contributed by atoms with van der Waals surface area (Å²) in [4.78, 5) is 3.70. The van der Waals surface area contributed by atoms with Crippen molar-refractivity contribution in [1.29, 1.82) is 0 Å². The van der Waals surface area contributed by atoms with Gasteiger partial charge in [-0.3, -0.25) is 4.98 Å². The summed E-state index contributed by atoms with van der Waals surface area (Å²) in [5.41, 5.74) is 5.42. The van der Waals surface area contributed by atoms with E-state index in [0.717, 1.165) is 6.07 Å². The average molecular weight is 242 g/mol. The summed E-state index contributed by atoms with van der Waals surface area (Å²) in [5, 5.41) is -0.0388. The molecule has 16 heavy (non-hydrogen) atoms. The van der Waals surface area contributed by atoms with Crippen molar-refractivity contribution >= 4 is 28.0 Å². The van der Waals surface area contributed by atoms with Crippen LogP contribution < -0.4 is 5.73 Å². The van der Waals surface area contributed by atoms with Crippen molar-refractivity contribution in [3.05, 3.63) is 41.5 Å². The van der Waals surface area contributed by atoms with Crippen LogP contribution in [-0.4, -0.2) is 9.97 Å². The summed E-state index contributed by atoms with van der Waals surface area (Å²) in [6, 6.07) is 2.06. The Bertz CT molecular complexity index is 598. The van der Waals surface area contributed by atoms with Crippen molar-refractivity contribution in [2.45, 2.75) is 0 Å². The fraction of sp³-hybridized carbons (Fsp3) is 0. The molecule has 1 heterocycles. The van der Waals surface area contributed by atoms with E-state index in [1.165, 1.54) is 12.3 Å². The minimum absolute atomic E-state index is 0.0615.